The number of nitrogens with zero attached hydrogens (tertiary/aromatic N) is 1. The van der Waals surface area contributed by atoms with Gasteiger partial charge in [-0.05, 0) is 31.4 Å². The van der Waals surface area contributed by atoms with E-state index in [0.717, 1.165) is 18.4 Å². The number of sulfonamides is 1. The van der Waals surface area contributed by atoms with Crippen LogP contribution in [0.15, 0.2) is 24.3 Å². The number of benzene rings is 1. The lowest BCUT2D eigenvalue weighted by Gasteiger charge is -2.28. The Balaban J connectivity index is 1.99. The number of fused-ring (bicyclic) bond motifs is 1. The summed E-state index contributed by atoms with van der Waals surface area (Å²) in [5, 5.41) is 2.48. The Hall–Kier alpha value is -1.40. The normalized spacial score (nSPS) is 24.4. The molecular formula is C15H20N2O3S. The van der Waals surface area contributed by atoms with Crippen molar-refractivity contribution in [1.82, 2.24) is 4.31 Å². The highest BCUT2D eigenvalue weighted by molar-refractivity contribution is 7.89. The van der Waals surface area contributed by atoms with Gasteiger partial charge in [-0.3, -0.25) is 4.79 Å². The summed E-state index contributed by atoms with van der Waals surface area (Å²) in [4.78, 5) is 12.2. The summed E-state index contributed by atoms with van der Waals surface area (Å²) in [6.07, 6.45) is 3.31. The fourth-order valence-corrected chi connectivity index (χ4v) is 5.31. The van der Waals surface area contributed by atoms with Crippen molar-refractivity contribution < 1.29 is 13.2 Å². The fraction of sp³-hybridized carbons (Fsp3) is 0.533. The van der Waals surface area contributed by atoms with Crippen molar-refractivity contribution in [2.75, 3.05) is 5.32 Å². The van der Waals surface area contributed by atoms with Gasteiger partial charge < -0.3 is 5.32 Å². The van der Waals surface area contributed by atoms with E-state index in [1.54, 1.807) is 6.92 Å². The molecular weight excluding hydrogens is 288 g/mol. The van der Waals surface area contributed by atoms with Crippen molar-refractivity contribution in [3.63, 3.8) is 0 Å². The van der Waals surface area contributed by atoms with Crippen molar-refractivity contribution in [2.45, 2.75) is 50.4 Å². The number of carbonyl (C=O) groups is 1. The zero-order chi connectivity index (χ0) is 15.0. The highest BCUT2D eigenvalue weighted by Gasteiger charge is 2.40. The van der Waals surface area contributed by atoms with E-state index in [1.807, 2.05) is 24.3 Å². The van der Waals surface area contributed by atoms with Crippen molar-refractivity contribution >= 4 is 21.6 Å². The topological polar surface area (TPSA) is 66.5 Å². The summed E-state index contributed by atoms with van der Waals surface area (Å²) < 4.78 is 27.1. The molecule has 1 aromatic carbocycles. The average Bonchev–Trinajstić information content (AvgIpc) is 2.96. The third-order valence-corrected chi connectivity index (χ3v) is 6.88. The molecule has 0 radical (unpaired) electrons. The van der Waals surface area contributed by atoms with E-state index >= 15 is 0 Å². The Labute approximate surface area is 125 Å². The lowest BCUT2D eigenvalue weighted by atomic mass is 10.2. The molecule has 0 aromatic heterocycles. The second-order valence-corrected chi connectivity index (χ2v) is 7.98. The maximum absolute atomic E-state index is 12.9. The molecule has 1 aliphatic carbocycles. The van der Waals surface area contributed by atoms with Crippen LogP contribution in [0.1, 0.15) is 38.2 Å². The standard InChI is InChI=1S/C15H20N2O3S/c1-11-15(18)16-14-9-5-2-6-12(14)10-17(11)21(19,20)13-7-3-4-8-13/h2,5-6,9,11,13H,3-4,7-8,10H2,1H3,(H,16,18). The lowest BCUT2D eigenvalue weighted by Crippen LogP contribution is -2.46. The molecule has 1 fully saturated rings. The van der Waals surface area contributed by atoms with Gasteiger partial charge in [0.1, 0.15) is 6.04 Å². The summed E-state index contributed by atoms with van der Waals surface area (Å²) in [6.45, 7) is 1.92. The molecule has 114 valence electrons. The van der Waals surface area contributed by atoms with Crippen LogP contribution in [-0.2, 0) is 21.4 Å². The van der Waals surface area contributed by atoms with Crippen LogP contribution >= 0.6 is 0 Å². The molecule has 1 heterocycles. The van der Waals surface area contributed by atoms with E-state index in [0.29, 0.717) is 18.5 Å². The minimum Gasteiger partial charge on any atom is -0.324 e. The molecule has 0 saturated heterocycles. The Morgan fingerprint density at radius 1 is 1.19 bits per heavy atom. The first-order chi connectivity index (χ1) is 10.00. The number of rotatable bonds is 2. The van der Waals surface area contributed by atoms with Crippen molar-refractivity contribution in [3.8, 4) is 0 Å². The molecule has 6 heteroatoms. The molecule has 0 spiro atoms. The van der Waals surface area contributed by atoms with Gasteiger partial charge in [-0.1, -0.05) is 31.0 Å². The van der Waals surface area contributed by atoms with E-state index in [1.165, 1.54) is 4.31 Å². The summed E-state index contributed by atoms with van der Waals surface area (Å²) in [6, 6.07) is 6.70. The molecule has 5 nitrogen and oxygen atoms in total. The molecule has 1 atom stereocenters. The summed E-state index contributed by atoms with van der Waals surface area (Å²) in [5.41, 5.74) is 1.55. The van der Waals surface area contributed by atoms with Crippen LogP contribution in [0.3, 0.4) is 0 Å². The first kappa shape index (κ1) is 14.5. The van der Waals surface area contributed by atoms with E-state index in [9.17, 15) is 13.2 Å². The third-order valence-electron chi connectivity index (χ3n) is 4.46. The second-order valence-electron chi connectivity index (χ2n) is 5.82. The van der Waals surface area contributed by atoms with Crippen LogP contribution in [0.25, 0.3) is 0 Å². The molecule has 1 amide bonds. The quantitative estimate of drug-likeness (QED) is 0.910. The smallest absolute Gasteiger partial charge is 0.242 e. The summed E-state index contributed by atoms with van der Waals surface area (Å²) >= 11 is 0. The average molecular weight is 308 g/mol. The van der Waals surface area contributed by atoms with E-state index in [2.05, 4.69) is 5.32 Å². The highest BCUT2D eigenvalue weighted by atomic mass is 32.2. The predicted octanol–water partition coefficient (Wildman–Crippen LogP) is 2.10. The van der Waals surface area contributed by atoms with Gasteiger partial charge in [0.15, 0.2) is 0 Å². The minimum absolute atomic E-state index is 0.259. The monoisotopic (exact) mass is 308 g/mol. The Kier molecular flexibility index (Phi) is 3.75. The molecule has 0 bridgehead atoms. The minimum atomic E-state index is -3.44. The molecule has 21 heavy (non-hydrogen) atoms. The molecule has 2 aliphatic rings. The number of para-hydroxylation sites is 1. The van der Waals surface area contributed by atoms with Gasteiger partial charge in [-0.15, -0.1) is 0 Å². The van der Waals surface area contributed by atoms with Gasteiger partial charge in [0, 0.05) is 12.2 Å². The maximum atomic E-state index is 12.9. The predicted molar refractivity (Wildman–Crippen MR) is 81.3 cm³/mol. The van der Waals surface area contributed by atoms with Crippen LogP contribution in [0.5, 0.6) is 0 Å². The molecule has 1 unspecified atom stereocenters. The van der Waals surface area contributed by atoms with Gasteiger partial charge in [-0.2, -0.15) is 4.31 Å². The van der Waals surface area contributed by atoms with Crippen molar-refractivity contribution in [3.05, 3.63) is 29.8 Å². The largest absolute Gasteiger partial charge is 0.324 e. The Morgan fingerprint density at radius 3 is 2.57 bits per heavy atom. The van der Waals surface area contributed by atoms with E-state index in [4.69, 9.17) is 0 Å². The second kappa shape index (κ2) is 5.42. The molecule has 1 aliphatic heterocycles. The van der Waals surface area contributed by atoms with Crippen LogP contribution in [0, 0.1) is 0 Å². The first-order valence-corrected chi connectivity index (χ1v) is 8.90. The van der Waals surface area contributed by atoms with Crippen LogP contribution in [0.4, 0.5) is 5.69 Å². The van der Waals surface area contributed by atoms with Gasteiger partial charge in [0.25, 0.3) is 0 Å². The van der Waals surface area contributed by atoms with Gasteiger partial charge in [-0.25, -0.2) is 8.42 Å². The molecule has 1 saturated carbocycles. The SMILES string of the molecule is CC1C(=O)Nc2ccccc2CN1S(=O)(=O)C1CCCC1. The molecule has 1 N–H and O–H groups in total. The number of anilines is 1. The summed E-state index contributed by atoms with van der Waals surface area (Å²) in [5.74, 6) is -0.262. The van der Waals surface area contributed by atoms with Crippen LogP contribution in [0.2, 0.25) is 0 Å². The summed E-state index contributed by atoms with van der Waals surface area (Å²) in [7, 11) is -3.44. The Morgan fingerprint density at radius 2 is 1.86 bits per heavy atom. The number of hydrogen-bond acceptors (Lipinski definition) is 3. The number of amides is 1. The van der Waals surface area contributed by atoms with Crippen molar-refractivity contribution in [1.29, 1.82) is 0 Å². The van der Waals surface area contributed by atoms with Gasteiger partial charge in [0.05, 0.1) is 5.25 Å². The maximum Gasteiger partial charge on any atom is 0.242 e. The van der Waals surface area contributed by atoms with Crippen LogP contribution in [-0.4, -0.2) is 29.9 Å². The van der Waals surface area contributed by atoms with Crippen molar-refractivity contribution in [2.24, 2.45) is 0 Å². The lowest BCUT2D eigenvalue weighted by molar-refractivity contribution is -0.119. The van der Waals surface area contributed by atoms with E-state index in [-0.39, 0.29) is 17.7 Å². The van der Waals surface area contributed by atoms with E-state index < -0.39 is 16.1 Å². The number of hydrogen-bond donors (Lipinski definition) is 1. The third kappa shape index (κ3) is 2.58. The zero-order valence-electron chi connectivity index (χ0n) is 12.1. The molecule has 1 aromatic rings. The molecule has 3 rings (SSSR count). The number of carbonyl (C=O) groups excluding carboxylic acids is 1. The fourth-order valence-electron chi connectivity index (χ4n) is 3.14. The van der Waals surface area contributed by atoms with Crippen LogP contribution < -0.4 is 5.32 Å². The number of nitrogens with one attached hydrogen (secondary N) is 1. The van der Waals surface area contributed by atoms with Gasteiger partial charge in [0.2, 0.25) is 15.9 Å². The zero-order valence-corrected chi connectivity index (χ0v) is 12.9. The Bertz CT molecular complexity index is 651. The first-order valence-electron chi connectivity index (χ1n) is 7.39. The van der Waals surface area contributed by atoms with Gasteiger partial charge >= 0.3 is 0 Å². The highest BCUT2D eigenvalue weighted by Crippen LogP contribution is 2.31.